The number of ether oxygens (including phenoxy) is 1. The highest BCUT2D eigenvalue weighted by Gasteiger charge is 2.20. The number of likely N-dealkylation sites (tertiary alicyclic amines) is 1. The van der Waals surface area contributed by atoms with Crippen LogP contribution >= 0.6 is 11.6 Å². The van der Waals surface area contributed by atoms with Crippen LogP contribution in [-0.2, 0) is 6.54 Å². The van der Waals surface area contributed by atoms with Crippen LogP contribution in [0.4, 0.5) is 5.69 Å². The Bertz CT molecular complexity index is 639. The molecule has 3 rings (SSSR count). The van der Waals surface area contributed by atoms with Crippen LogP contribution in [0.1, 0.15) is 18.4 Å². The molecule has 1 heterocycles. The maximum atomic E-state index is 6.26. The average molecular weight is 331 g/mol. The summed E-state index contributed by atoms with van der Waals surface area (Å²) in [5.41, 5.74) is 2.30. The number of para-hydroxylation sites is 2. The average Bonchev–Trinajstić information content (AvgIpc) is 2.59. The highest BCUT2D eigenvalue weighted by atomic mass is 35.5. The second-order valence-corrected chi connectivity index (χ2v) is 6.39. The Morgan fingerprint density at radius 2 is 1.78 bits per heavy atom. The van der Waals surface area contributed by atoms with Crippen LogP contribution in [-0.4, -0.2) is 31.1 Å². The lowest BCUT2D eigenvalue weighted by Crippen LogP contribution is -2.38. The van der Waals surface area contributed by atoms with Crippen molar-refractivity contribution in [1.82, 2.24) is 4.90 Å². The van der Waals surface area contributed by atoms with Crippen LogP contribution in [0.5, 0.6) is 5.75 Å². The summed E-state index contributed by atoms with van der Waals surface area (Å²) in [6.45, 7) is 3.09. The molecule has 0 bridgehead atoms. The molecule has 0 aliphatic carbocycles. The number of benzene rings is 2. The summed E-state index contributed by atoms with van der Waals surface area (Å²) >= 11 is 6.26. The van der Waals surface area contributed by atoms with E-state index in [9.17, 15) is 0 Å². The fourth-order valence-corrected chi connectivity index (χ4v) is 3.28. The van der Waals surface area contributed by atoms with Gasteiger partial charge in [-0.2, -0.15) is 0 Å². The van der Waals surface area contributed by atoms with Gasteiger partial charge < -0.3 is 10.1 Å². The smallest absolute Gasteiger partial charge is 0.141 e. The lowest BCUT2D eigenvalue weighted by molar-refractivity contribution is 0.211. The van der Waals surface area contributed by atoms with E-state index in [-0.39, 0.29) is 0 Å². The fourth-order valence-electron chi connectivity index (χ4n) is 3.09. The molecular formula is C19H23ClN2O. The zero-order valence-corrected chi connectivity index (χ0v) is 14.2. The third-order valence-corrected chi connectivity index (χ3v) is 4.77. The SMILES string of the molecule is COc1ccccc1NC1CCN(Cc2ccccc2Cl)CC1. The summed E-state index contributed by atoms with van der Waals surface area (Å²) in [6.07, 6.45) is 2.25. The zero-order chi connectivity index (χ0) is 16.1. The number of anilines is 1. The molecule has 0 radical (unpaired) electrons. The highest BCUT2D eigenvalue weighted by molar-refractivity contribution is 6.31. The van der Waals surface area contributed by atoms with Crippen LogP contribution in [0.3, 0.4) is 0 Å². The van der Waals surface area contributed by atoms with Gasteiger partial charge in [0.25, 0.3) is 0 Å². The van der Waals surface area contributed by atoms with E-state index in [0.29, 0.717) is 6.04 Å². The third kappa shape index (κ3) is 4.18. The Labute approximate surface area is 143 Å². The predicted molar refractivity (Wildman–Crippen MR) is 96.4 cm³/mol. The zero-order valence-electron chi connectivity index (χ0n) is 13.5. The number of rotatable bonds is 5. The summed E-state index contributed by atoms with van der Waals surface area (Å²) in [7, 11) is 1.71. The van der Waals surface area contributed by atoms with E-state index >= 15 is 0 Å². The van der Waals surface area contributed by atoms with E-state index in [4.69, 9.17) is 16.3 Å². The second-order valence-electron chi connectivity index (χ2n) is 5.99. The summed E-state index contributed by atoms with van der Waals surface area (Å²) in [5.74, 6) is 0.908. The second kappa shape index (κ2) is 7.71. The van der Waals surface area contributed by atoms with Crippen molar-refractivity contribution in [3.8, 4) is 5.75 Å². The molecule has 2 aromatic rings. The molecule has 122 valence electrons. The van der Waals surface area contributed by atoms with Crippen molar-refractivity contribution in [2.24, 2.45) is 0 Å². The number of nitrogens with one attached hydrogen (secondary N) is 1. The number of piperidine rings is 1. The first-order chi connectivity index (χ1) is 11.3. The molecule has 1 N–H and O–H groups in total. The Morgan fingerprint density at radius 3 is 2.52 bits per heavy atom. The minimum atomic E-state index is 0.494. The molecule has 0 atom stereocenters. The number of hydrogen-bond acceptors (Lipinski definition) is 3. The van der Waals surface area contributed by atoms with E-state index in [2.05, 4.69) is 28.4 Å². The van der Waals surface area contributed by atoms with Gasteiger partial charge in [-0.25, -0.2) is 0 Å². The van der Waals surface area contributed by atoms with Crippen LogP contribution in [0.2, 0.25) is 5.02 Å². The van der Waals surface area contributed by atoms with Crippen molar-refractivity contribution in [1.29, 1.82) is 0 Å². The first kappa shape index (κ1) is 16.2. The number of methoxy groups -OCH3 is 1. The Morgan fingerprint density at radius 1 is 1.09 bits per heavy atom. The Kier molecular flexibility index (Phi) is 5.42. The van der Waals surface area contributed by atoms with Gasteiger partial charge in [-0.1, -0.05) is 41.9 Å². The molecular weight excluding hydrogens is 308 g/mol. The maximum absolute atomic E-state index is 6.26. The first-order valence-corrected chi connectivity index (χ1v) is 8.49. The minimum Gasteiger partial charge on any atom is -0.495 e. The van der Waals surface area contributed by atoms with Gasteiger partial charge in [0.1, 0.15) is 5.75 Å². The quantitative estimate of drug-likeness (QED) is 0.878. The fraction of sp³-hybridized carbons (Fsp3) is 0.368. The van der Waals surface area contributed by atoms with Crippen LogP contribution in [0.25, 0.3) is 0 Å². The van der Waals surface area contributed by atoms with Crippen molar-refractivity contribution < 1.29 is 4.74 Å². The summed E-state index contributed by atoms with van der Waals surface area (Å²) in [5, 5.41) is 4.48. The van der Waals surface area contributed by atoms with Crippen LogP contribution in [0, 0.1) is 0 Å². The third-order valence-electron chi connectivity index (χ3n) is 4.41. The van der Waals surface area contributed by atoms with E-state index in [1.165, 1.54) is 5.56 Å². The van der Waals surface area contributed by atoms with Crippen molar-refractivity contribution in [2.75, 3.05) is 25.5 Å². The number of hydrogen-bond donors (Lipinski definition) is 1. The van der Waals surface area contributed by atoms with Gasteiger partial charge in [0.05, 0.1) is 12.8 Å². The van der Waals surface area contributed by atoms with Gasteiger partial charge >= 0.3 is 0 Å². The lowest BCUT2D eigenvalue weighted by Gasteiger charge is -2.33. The normalized spacial score (nSPS) is 16.3. The first-order valence-electron chi connectivity index (χ1n) is 8.11. The number of halogens is 1. The molecule has 0 saturated carbocycles. The van der Waals surface area contributed by atoms with Gasteiger partial charge in [-0.15, -0.1) is 0 Å². The highest BCUT2D eigenvalue weighted by Crippen LogP contribution is 2.26. The van der Waals surface area contributed by atoms with Crippen molar-refractivity contribution >= 4 is 17.3 Å². The predicted octanol–water partition coefficient (Wildman–Crippen LogP) is 4.43. The number of nitrogens with zero attached hydrogens (tertiary/aromatic N) is 1. The van der Waals surface area contributed by atoms with Gasteiger partial charge in [-0.3, -0.25) is 4.90 Å². The summed E-state index contributed by atoms with van der Waals surface area (Å²) in [6, 6.07) is 16.7. The van der Waals surface area contributed by atoms with Gasteiger partial charge in [0.15, 0.2) is 0 Å². The van der Waals surface area contributed by atoms with E-state index in [0.717, 1.165) is 48.9 Å². The molecule has 1 aliphatic heterocycles. The molecule has 0 unspecified atom stereocenters. The minimum absolute atomic E-state index is 0.494. The summed E-state index contributed by atoms with van der Waals surface area (Å²) in [4.78, 5) is 2.47. The van der Waals surface area contributed by atoms with Crippen molar-refractivity contribution in [3.63, 3.8) is 0 Å². The van der Waals surface area contributed by atoms with Gasteiger partial charge in [0.2, 0.25) is 0 Å². The van der Waals surface area contributed by atoms with Crippen LogP contribution < -0.4 is 10.1 Å². The van der Waals surface area contributed by atoms with E-state index < -0.39 is 0 Å². The Hall–Kier alpha value is -1.71. The maximum Gasteiger partial charge on any atom is 0.141 e. The molecule has 0 spiro atoms. The summed E-state index contributed by atoms with van der Waals surface area (Å²) < 4.78 is 5.41. The molecule has 3 nitrogen and oxygen atoms in total. The molecule has 2 aromatic carbocycles. The van der Waals surface area contributed by atoms with E-state index in [1.807, 2.05) is 30.3 Å². The van der Waals surface area contributed by atoms with Crippen molar-refractivity contribution in [3.05, 3.63) is 59.1 Å². The van der Waals surface area contributed by atoms with E-state index in [1.54, 1.807) is 7.11 Å². The van der Waals surface area contributed by atoms with Crippen LogP contribution in [0.15, 0.2) is 48.5 Å². The van der Waals surface area contributed by atoms with Gasteiger partial charge in [-0.05, 0) is 36.6 Å². The van der Waals surface area contributed by atoms with Crippen molar-refractivity contribution in [2.45, 2.75) is 25.4 Å². The molecule has 1 saturated heterocycles. The Balaban J connectivity index is 1.53. The molecule has 1 fully saturated rings. The lowest BCUT2D eigenvalue weighted by atomic mass is 10.0. The largest absolute Gasteiger partial charge is 0.495 e. The molecule has 4 heteroatoms. The monoisotopic (exact) mass is 330 g/mol. The molecule has 1 aliphatic rings. The standard InChI is InChI=1S/C19H23ClN2O/c1-23-19-9-5-4-8-18(19)21-16-10-12-22(13-11-16)14-15-6-2-3-7-17(15)20/h2-9,16,21H,10-14H2,1H3. The molecule has 23 heavy (non-hydrogen) atoms. The topological polar surface area (TPSA) is 24.5 Å². The van der Waals surface area contributed by atoms with Gasteiger partial charge in [0, 0.05) is 30.7 Å². The molecule has 0 aromatic heterocycles. The molecule has 0 amide bonds.